The Labute approximate surface area is 169 Å². The van der Waals surface area contributed by atoms with Gasteiger partial charge in [-0.15, -0.1) is 0 Å². The summed E-state index contributed by atoms with van der Waals surface area (Å²) in [6.45, 7) is 2.77. The number of hydrogen-bond acceptors (Lipinski definition) is 4. The second-order valence-corrected chi connectivity index (χ2v) is 7.52. The van der Waals surface area contributed by atoms with Crippen molar-refractivity contribution in [1.29, 1.82) is 0 Å². The van der Waals surface area contributed by atoms with Crippen LogP contribution in [0.25, 0.3) is 0 Å². The second-order valence-electron chi connectivity index (χ2n) is 7.52. The molecule has 0 aliphatic carbocycles. The van der Waals surface area contributed by atoms with Crippen LogP contribution in [0.1, 0.15) is 65.6 Å². The monoisotopic (exact) mass is 396 g/mol. The number of likely N-dealkylation sites (tertiary alicyclic amines) is 1. The van der Waals surface area contributed by atoms with E-state index in [1.165, 1.54) is 12.1 Å². The van der Waals surface area contributed by atoms with E-state index in [1.54, 1.807) is 23.0 Å². The van der Waals surface area contributed by atoms with E-state index in [2.05, 4.69) is 17.0 Å². The Morgan fingerprint density at radius 2 is 2.10 bits per heavy atom. The number of nitrogens with zero attached hydrogens (tertiary/aromatic N) is 4. The van der Waals surface area contributed by atoms with Crippen LogP contribution in [0.2, 0.25) is 0 Å². The molecular formula is C22H25FN4O2. The van der Waals surface area contributed by atoms with Gasteiger partial charge in [0, 0.05) is 20.0 Å². The number of aromatic nitrogens is 3. The Morgan fingerprint density at radius 3 is 2.86 bits per heavy atom. The predicted octanol–water partition coefficient (Wildman–Crippen LogP) is 4.07. The quantitative estimate of drug-likeness (QED) is 0.630. The van der Waals surface area contributed by atoms with E-state index < -0.39 is 0 Å². The molecular weight excluding hydrogens is 371 g/mol. The fraction of sp³-hybridized carbons (Fsp3) is 0.409. The molecule has 3 aromatic rings. The Morgan fingerprint density at radius 1 is 1.31 bits per heavy atom. The lowest BCUT2D eigenvalue weighted by atomic mass is 10.1. The molecule has 0 N–H and O–H groups in total. The molecule has 1 amide bonds. The minimum atomic E-state index is -0.260. The SMILES string of the molecule is CCCc1cc(C(=O)N2CCC[C@@H]2c2ncc(Cc3ccc(F)cc3)o2)n(C)n1. The third kappa shape index (κ3) is 4.09. The van der Waals surface area contributed by atoms with Crippen LogP contribution in [0.3, 0.4) is 0 Å². The smallest absolute Gasteiger partial charge is 0.272 e. The van der Waals surface area contributed by atoms with Gasteiger partial charge in [-0.1, -0.05) is 25.5 Å². The molecule has 1 aliphatic rings. The summed E-state index contributed by atoms with van der Waals surface area (Å²) in [5.41, 5.74) is 2.48. The van der Waals surface area contributed by atoms with Crippen molar-refractivity contribution < 1.29 is 13.6 Å². The number of amides is 1. The van der Waals surface area contributed by atoms with Crippen LogP contribution in [0, 0.1) is 5.82 Å². The van der Waals surface area contributed by atoms with Gasteiger partial charge >= 0.3 is 0 Å². The summed E-state index contributed by atoms with van der Waals surface area (Å²) < 4.78 is 20.7. The second kappa shape index (κ2) is 8.19. The predicted molar refractivity (Wildman–Crippen MR) is 106 cm³/mol. The van der Waals surface area contributed by atoms with Crippen LogP contribution < -0.4 is 0 Å². The number of halogens is 1. The van der Waals surface area contributed by atoms with Crippen molar-refractivity contribution in [3.05, 3.63) is 70.9 Å². The van der Waals surface area contributed by atoms with Gasteiger partial charge in [0.15, 0.2) is 0 Å². The Bertz CT molecular complexity index is 993. The molecule has 2 aromatic heterocycles. The Kier molecular flexibility index (Phi) is 5.47. The molecule has 7 heteroatoms. The molecule has 29 heavy (non-hydrogen) atoms. The summed E-state index contributed by atoms with van der Waals surface area (Å²) in [5, 5.41) is 4.45. The van der Waals surface area contributed by atoms with Crippen molar-refractivity contribution in [1.82, 2.24) is 19.7 Å². The van der Waals surface area contributed by atoms with E-state index >= 15 is 0 Å². The zero-order chi connectivity index (χ0) is 20.4. The maximum absolute atomic E-state index is 13.2. The van der Waals surface area contributed by atoms with E-state index in [9.17, 15) is 9.18 Å². The molecule has 1 saturated heterocycles. The van der Waals surface area contributed by atoms with E-state index in [0.29, 0.717) is 30.3 Å². The van der Waals surface area contributed by atoms with Crippen molar-refractivity contribution >= 4 is 5.91 Å². The minimum Gasteiger partial charge on any atom is -0.443 e. The molecule has 0 saturated carbocycles. The maximum Gasteiger partial charge on any atom is 0.272 e. The largest absolute Gasteiger partial charge is 0.443 e. The minimum absolute atomic E-state index is 0.0388. The summed E-state index contributed by atoms with van der Waals surface area (Å²) >= 11 is 0. The van der Waals surface area contributed by atoms with Gasteiger partial charge in [0.1, 0.15) is 23.3 Å². The number of oxazole rings is 1. The van der Waals surface area contributed by atoms with Crippen LogP contribution in [0.5, 0.6) is 0 Å². The first kappa shape index (κ1) is 19.4. The zero-order valence-electron chi connectivity index (χ0n) is 16.8. The number of benzene rings is 1. The van der Waals surface area contributed by atoms with Gasteiger partial charge in [0.2, 0.25) is 5.89 Å². The van der Waals surface area contributed by atoms with Gasteiger partial charge in [0.25, 0.3) is 5.91 Å². The number of aryl methyl sites for hydroxylation is 2. The number of carbonyl (C=O) groups is 1. The number of carbonyl (C=O) groups excluding carboxylic acids is 1. The van der Waals surface area contributed by atoms with Gasteiger partial charge < -0.3 is 9.32 Å². The molecule has 1 aliphatic heterocycles. The topological polar surface area (TPSA) is 64.2 Å². The standard InChI is InChI=1S/C22H25FN4O2/c1-3-5-17-13-20(26(2)25-17)22(28)27-11-4-6-19(27)21-24-14-18(29-21)12-15-7-9-16(23)10-8-15/h7-10,13-14,19H,3-6,11-12H2,1-2H3/t19-/m1/s1. The van der Waals surface area contributed by atoms with Crippen molar-refractivity contribution in [2.24, 2.45) is 7.05 Å². The van der Waals surface area contributed by atoms with Gasteiger partial charge in [-0.25, -0.2) is 9.37 Å². The highest BCUT2D eigenvalue weighted by molar-refractivity contribution is 5.93. The molecule has 1 fully saturated rings. The summed E-state index contributed by atoms with van der Waals surface area (Å²) in [7, 11) is 1.81. The molecule has 4 rings (SSSR count). The van der Waals surface area contributed by atoms with E-state index in [0.717, 1.165) is 36.9 Å². The molecule has 6 nitrogen and oxygen atoms in total. The summed E-state index contributed by atoms with van der Waals surface area (Å²) in [6.07, 6.45) is 5.81. The van der Waals surface area contributed by atoms with Gasteiger partial charge in [-0.2, -0.15) is 5.10 Å². The van der Waals surface area contributed by atoms with Crippen LogP contribution in [0.4, 0.5) is 4.39 Å². The maximum atomic E-state index is 13.2. The molecule has 0 unspecified atom stereocenters. The Hall–Kier alpha value is -2.96. The highest BCUT2D eigenvalue weighted by Gasteiger charge is 2.35. The van der Waals surface area contributed by atoms with Crippen LogP contribution in [-0.2, 0) is 19.9 Å². The lowest BCUT2D eigenvalue weighted by molar-refractivity contribution is 0.0703. The van der Waals surface area contributed by atoms with Crippen molar-refractivity contribution in [2.45, 2.75) is 45.1 Å². The fourth-order valence-corrected chi connectivity index (χ4v) is 3.88. The average molecular weight is 396 g/mol. The first-order valence-corrected chi connectivity index (χ1v) is 10.1. The fourth-order valence-electron chi connectivity index (χ4n) is 3.88. The highest BCUT2D eigenvalue weighted by atomic mass is 19.1. The van der Waals surface area contributed by atoms with Crippen molar-refractivity contribution in [2.75, 3.05) is 6.54 Å². The van der Waals surface area contributed by atoms with Gasteiger partial charge in [-0.3, -0.25) is 9.48 Å². The van der Waals surface area contributed by atoms with E-state index in [1.807, 2.05) is 18.0 Å². The van der Waals surface area contributed by atoms with Crippen LogP contribution >= 0.6 is 0 Å². The lowest BCUT2D eigenvalue weighted by Crippen LogP contribution is -2.32. The molecule has 3 heterocycles. The molecule has 0 bridgehead atoms. The van der Waals surface area contributed by atoms with E-state index in [4.69, 9.17) is 4.42 Å². The lowest BCUT2D eigenvalue weighted by Gasteiger charge is -2.22. The summed E-state index contributed by atoms with van der Waals surface area (Å²) in [6, 6.07) is 8.05. The normalized spacial score (nSPS) is 16.5. The van der Waals surface area contributed by atoms with Crippen molar-refractivity contribution in [3.8, 4) is 0 Å². The summed E-state index contributed by atoms with van der Waals surface area (Å²) in [5.74, 6) is 0.966. The first-order chi connectivity index (χ1) is 14.0. The van der Waals surface area contributed by atoms with Crippen LogP contribution in [-0.4, -0.2) is 32.1 Å². The first-order valence-electron chi connectivity index (χ1n) is 10.1. The van der Waals surface area contributed by atoms with E-state index in [-0.39, 0.29) is 17.8 Å². The molecule has 152 valence electrons. The molecule has 0 radical (unpaired) electrons. The number of hydrogen-bond donors (Lipinski definition) is 0. The molecule has 0 spiro atoms. The Balaban J connectivity index is 1.50. The summed E-state index contributed by atoms with van der Waals surface area (Å²) in [4.78, 5) is 19.4. The average Bonchev–Trinajstić information content (AvgIpc) is 3.43. The molecule has 1 aromatic carbocycles. The highest BCUT2D eigenvalue weighted by Crippen LogP contribution is 2.33. The third-order valence-electron chi connectivity index (χ3n) is 5.32. The van der Waals surface area contributed by atoms with Crippen LogP contribution in [0.15, 0.2) is 40.9 Å². The van der Waals surface area contributed by atoms with Gasteiger partial charge in [0.05, 0.1) is 11.9 Å². The third-order valence-corrected chi connectivity index (χ3v) is 5.32. The van der Waals surface area contributed by atoms with Gasteiger partial charge in [-0.05, 0) is 43.0 Å². The zero-order valence-corrected chi connectivity index (χ0v) is 16.8. The molecule has 1 atom stereocenters. The van der Waals surface area contributed by atoms with Crippen molar-refractivity contribution in [3.63, 3.8) is 0 Å². The number of rotatable bonds is 6.